The number of nitrogens with zero attached hydrogens (tertiary/aromatic N) is 8. The number of imidazole rings is 1. The van der Waals surface area contributed by atoms with Gasteiger partial charge in [0.2, 0.25) is 0 Å². The molecule has 4 aromatic rings. The van der Waals surface area contributed by atoms with Crippen LogP contribution in [0.5, 0.6) is 0 Å². The highest BCUT2D eigenvalue weighted by Crippen LogP contribution is 2.39. The average Bonchev–Trinajstić information content (AvgIpc) is 3.35. The predicted octanol–water partition coefficient (Wildman–Crippen LogP) is 4.06. The molecule has 8 heteroatoms. The summed E-state index contributed by atoms with van der Waals surface area (Å²) in [6.45, 7) is 2.19. The molecule has 1 aliphatic carbocycles. The SMILES string of the molecule is CC1C=C(n2cnc(C3CC3)c2)C=CN1c1cccc(-c2nncn2-c2cncnc2)c1. The van der Waals surface area contributed by atoms with Crippen LogP contribution in [0.3, 0.4) is 0 Å². The number of aromatic nitrogens is 7. The maximum absolute atomic E-state index is 4.58. The molecule has 0 N–H and O–H groups in total. The van der Waals surface area contributed by atoms with Crippen LogP contribution in [0.15, 0.2) is 80.2 Å². The minimum atomic E-state index is 0.192. The van der Waals surface area contributed by atoms with Gasteiger partial charge in [-0.05, 0) is 44.1 Å². The first-order valence-electron chi connectivity index (χ1n) is 10.7. The molecule has 1 fully saturated rings. The molecular weight excluding hydrogens is 400 g/mol. The normalized spacial score (nSPS) is 18.1. The van der Waals surface area contributed by atoms with E-state index in [1.807, 2.05) is 23.0 Å². The zero-order valence-corrected chi connectivity index (χ0v) is 17.7. The van der Waals surface area contributed by atoms with Gasteiger partial charge in [0.05, 0.1) is 36.1 Å². The van der Waals surface area contributed by atoms with Gasteiger partial charge in [-0.1, -0.05) is 12.1 Å². The van der Waals surface area contributed by atoms with Crippen molar-refractivity contribution in [3.8, 4) is 17.1 Å². The lowest BCUT2D eigenvalue weighted by molar-refractivity contribution is 0.840. The summed E-state index contributed by atoms with van der Waals surface area (Å²) in [6, 6.07) is 8.52. The maximum Gasteiger partial charge on any atom is 0.168 e. The maximum atomic E-state index is 4.58. The lowest BCUT2D eigenvalue weighted by Gasteiger charge is -2.30. The Morgan fingerprint density at radius 3 is 2.72 bits per heavy atom. The number of hydrogen-bond donors (Lipinski definition) is 0. The van der Waals surface area contributed by atoms with Crippen LogP contribution in [-0.4, -0.2) is 40.3 Å². The molecule has 0 saturated heterocycles. The minimum absolute atomic E-state index is 0.192. The first-order valence-corrected chi connectivity index (χ1v) is 10.7. The van der Waals surface area contributed by atoms with Gasteiger partial charge in [0.1, 0.15) is 12.7 Å². The van der Waals surface area contributed by atoms with Gasteiger partial charge in [0.15, 0.2) is 5.82 Å². The topological polar surface area (TPSA) is 77.5 Å². The van der Waals surface area contributed by atoms with Crippen LogP contribution in [0.1, 0.15) is 31.4 Å². The fourth-order valence-electron chi connectivity index (χ4n) is 4.08. The molecule has 1 aromatic carbocycles. The third-order valence-electron chi connectivity index (χ3n) is 5.93. The Labute approximate surface area is 185 Å². The van der Waals surface area contributed by atoms with Crippen molar-refractivity contribution in [3.63, 3.8) is 0 Å². The Morgan fingerprint density at radius 1 is 1.03 bits per heavy atom. The molecule has 3 aromatic heterocycles. The third-order valence-corrected chi connectivity index (χ3v) is 5.93. The molecule has 32 heavy (non-hydrogen) atoms. The zero-order valence-electron chi connectivity index (χ0n) is 17.7. The average molecular weight is 422 g/mol. The van der Waals surface area contributed by atoms with E-state index < -0.39 is 0 Å². The van der Waals surface area contributed by atoms with Crippen molar-refractivity contribution in [2.75, 3.05) is 4.90 Å². The molecule has 1 atom stereocenters. The van der Waals surface area contributed by atoms with Gasteiger partial charge in [0, 0.05) is 35.3 Å². The van der Waals surface area contributed by atoms with Gasteiger partial charge < -0.3 is 9.47 Å². The molecule has 0 radical (unpaired) electrons. The van der Waals surface area contributed by atoms with Crippen molar-refractivity contribution in [3.05, 3.63) is 85.9 Å². The van der Waals surface area contributed by atoms with Crippen LogP contribution in [0, 0.1) is 0 Å². The van der Waals surface area contributed by atoms with Crippen LogP contribution in [-0.2, 0) is 0 Å². The second kappa shape index (κ2) is 7.56. The molecule has 1 aliphatic heterocycles. The Bertz CT molecular complexity index is 1310. The largest absolute Gasteiger partial charge is 0.341 e. The highest BCUT2D eigenvalue weighted by atomic mass is 15.3. The van der Waals surface area contributed by atoms with E-state index in [1.165, 1.54) is 24.9 Å². The van der Waals surface area contributed by atoms with Gasteiger partial charge in [-0.15, -0.1) is 10.2 Å². The molecular formula is C24H22N8. The summed E-state index contributed by atoms with van der Waals surface area (Å²) in [5.41, 5.74) is 5.23. The summed E-state index contributed by atoms with van der Waals surface area (Å²) in [7, 11) is 0. The molecule has 0 spiro atoms. The van der Waals surface area contributed by atoms with Gasteiger partial charge in [-0.2, -0.15) is 0 Å². The smallest absolute Gasteiger partial charge is 0.168 e. The van der Waals surface area contributed by atoms with E-state index in [4.69, 9.17) is 0 Å². The Hall–Kier alpha value is -4.07. The van der Waals surface area contributed by atoms with E-state index in [0.717, 1.165) is 28.5 Å². The van der Waals surface area contributed by atoms with Crippen LogP contribution in [0.2, 0.25) is 0 Å². The van der Waals surface area contributed by atoms with Crippen molar-refractivity contribution in [2.45, 2.75) is 31.7 Å². The summed E-state index contributed by atoms with van der Waals surface area (Å²) in [5.74, 6) is 1.41. The highest BCUT2D eigenvalue weighted by Gasteiger charge is 2.26. The lowest BCUT2D eigenvalue weighted by atomic mass is 10.1. The van der Waals surface area contributed by atoms with Gasteiger partial charge in [-0.25, -0.2) is 15.0 Å². The van der Waals surface area contributed by atoms with Crippen LogP contribution in [0.25, 0.3) is 22.8 Å². The van der Waals surface area contributed by atoms with E-state index in [1.54, 1.807) is 18.7 Å². The fourth-order valence-corrected chi connectivity index (χ4v) is 4.08. The summed E-state index contributed by atoms with van der Waals surface area (Å²) < 4.78 is 4.02. The first kappa shape index (κ1) is 18.7. The van der Waals surface area contributed by atoms with Crippen LogP contribution < -0.4 is 4.90 Å². The van der Waals surface area contributed by atoms with Crippen molar-refractivity contribution in [1.29, 1.82) is 0 Å². The summed E-state index contributed by atoms with van der Waals surface area (Å²) >= 11 is 0. The molecule has 4 heterocycles. The van der Waals surface area contributed by atoms with E-state index >= 15 is 0 Å². The first-order chi connectivity index (χ1) is 15.8. The standard InChI is InChI=1S/C24H22N8/c1-17-9-20(30-13-23(27-15-30)18-5-6-18)7-8-31(17)21-4-2-3-19(10-21)24-29-28-16-32(24)22-11-25-14-26-12-22/h2-4,7-18H,5-6H2,1H3. The molecule has 0 amide bonds. The second-order valence-electron chi connectivity index (χ2n) is 8.21. The van der Waals surface area contributed by atoms with E-state index in [2.05, 4.69) is 78.2 Å². The molecule has 1 unspecified atom stereocenters. The molecule has 8 nitrogen and oxygen atoms in total. The Morgan fingerprint density at radius 2 is 1.91 bits per heavy atom. The summed E-state index contributed by atoms with van der Waals surface area (Å²) in [4.78, 5) is 15.0. The monoisotopic (exact) mass is 422 g/mol. The predicted molar refractivity (Wildman–Crippen MR) is 122 cm³/mol. The number of hydrogen-bond acceptors (Lipinski definition) is 6. The quantitative estimate of drug-likeness (QED) is 0.483. The highest BCUT2D eigenvalue weighted by molar-refractivity contribution is 5.70. The summed E-state index contributed by atoms with van der Waals surface area (Å²) in [5, 5.41) is 8.45. The number of benzene rings is 1. The van der Waals surface area contributed by atoms with Crippen molar-refractivity contribution in [2.24, 2.45) is 0 Å². The lowest BCUT2D eigenvalue weighted by Crippen LogP contribution is -2.28. The number of anilines is 1. The van der Waals surface area contributed by atoms with E-state index in [9.17, 15) is 0 Å². The fraction of sp³-hybridized carbons (Fsp3) is 0.208. The molecule has 2 aliphatic rings. The zero-order chi connectivity index (χ0) is 21.5. The minimum Gasteiger partial charge on any atom is -0.341 e. The molecule has 0 bridgehead atoms. The number of rotatable bonds is 5. The van der Waals surface area contributed by atoms with Crippen LogP contribution >= 0.6 is 0 Å². The molecule has 158 valence electrons. The van der Waals surface area contributed by atoms with Crippen molar-refractivity contribution in [1.82, 2.24) is 34.3 Å². The molecule has 1 saturated carbocycles. The summed E-state index contributed by atoms with van der Waals surface area (Å²) in [6.07, 6.45) is 19.8. The van der Waals surface area contributed by atoms with Gasteiger partial charge in [-0.3, -0.25) is 4.57 Å². The van der Waals surface area contributed by atoms with E-state index in [-0.39, 0.29) is 6.04 Å². The van der Waals surface area contributed by atoms with E-state index in [0.29, 0.717) is 5.92 Å². The van der Waals surface area contributed by atoms with Crippen molar-refractivity contribution >= 4 is 11.4 Å². The Balaban J connectivity index is 1.27. The third kappa shape index (κ3) is 3.39. The van der Waals surface area contributed by atoms with Gasteiger partial charge >= 0.3 is 0 Å². The van der Waals surface area contributed by atoms with Gasteiger partial charge in [0.25, 0.3) is 0 Å². The van der Waals surface area contributed by atoms with Crippen molar-refractivity contribution < 1.29 is 0 Å². The Kier molecular flexibility index (Phi) is 4.41. The molecule has 6 rings (SSSR count). The van der Waals surface area contributed by atoms with Crippen LogP contribution in [0.4, 0.5) is 5.69 Å². The number of allylic oxidation sites excluding steroid dienone is 2. The second-order valence-corrected chi connectivity index (χ2v) is 8.21.